The number of allylic oxidation sites excluding steroid dienone is 1. The van der Waals surface area contributed by atoms with Gasteiger partial charge >= 0.3 is 5.97 Å². The summed E-state index contributed by atoms with van der Waals surface area (Å²) in [6.45, 7) is 1.97. The average Bonchev–Trinajstić information content (AvgIpc) is 2.65. The monoisotopic (exact) mass is 323 g/mol. The predicted octanol–water partition coefficient (Wildman–Crippen LogP) is 3.45. The highest BCUT2D eigenvalue weighted by atomic mass is 16.5. The Morgan fingerprint density at radius 1 is 1.00 bits per heavy atom. The Balaban J connectivity index is 2.09. The van der Waals surface area contributed by atoms with Gasteiger partial charge in [0.25, 0.3) is 5.91 Å². The molecule has 1 N–H and O–H groups in total. The molecule has 124 valence electrons. The van der Waals surface area contributed by atoms with Gasteiger partial charge in [-0.15, -0.1) is 0 Å². The molecule has 0 bridgehead atoms. The fourth-order valence-corrected chi connectivity index (χ4v) is 2.30. The van der Waals surface area contributed by atoms with Crippen LogP contribution in [0.25, 0.3) is 5.57 Å². The largest absolute Gasteiger partial charge is 0.467 e. The van der Waals surface area contributed by atoms with Gasteiger partial charge in [0.15, 0.2) is 0 Å². The third-order valence-electron chi connectivity index (χ3n) is 3.72. The Hall–Kier alpha value is -2.88. The minimum absolute atomic E-state index is 0.295. The quantitative estimate of drug-likeness (QED) is 0.828. The first kappa shape index (κ1) is 17.5. The number of esters is 1. The van der Waals surface area contributed by atoms with E-state index in [1.165, 1.54) is 7.11 Å². The number of ether oxygens (including phenoxy) is 1. The van der Waals surface area contributed by atoms with Crippen molar-refractivity contribution in [3.63, 3.8) is 0 Å². The molecule has 0 fully saturated rings. The number of hydrogen-bond donors (Lipinski definition) is 1. The van der Waals surface area contributed by atoms with Crippen molar-refractivity contribution in [3.8, 4) is 0 Å². The van der Waals surface area contributed by atoms with Crippen molar-refractivity contribution in [2.24, 2.45) is 0 Å². The van der Waals surface area contributed by atoms with Crippen molar-refractivity contribution >= 4 is 17.4 Å². The van der Waals surface area contributed by atoms with E-state index < -0.39 is 12.0 Å². The summed E-state index contributed by atoms with van der Waals surface area (Å²) in [5.74, 6) is -0.756. The molecule has 0 aliphatic rings. The first-order valence-electron chi connectivity index (χ1n) is 7.77. The van der Waals surface area contributed by atoms with E-state index in [1.807, 2.05) is 49.4 Å². The van der Waals surface area contributed by atoms with E-state index in [2.05, 4.69) is 5.32 Å². The minimum Gasteiger partial charge on any atom is -0.467 e. The zero-order valence-corrected chi connectivity index (χ0v) is 13.9. The maximum atomic E-state index is 12.3. The van der Waals surface area contributed by atoms with Gasteiger partial charge in [0.1, 0.15) is 6.04 Å². The van der Waals surface area contributed by atoms with Gasteiger partial charge in [0.2, 0.25) is 0 Å². The Morgan fingerprint density at radius 2 is 1.54 bits per heavy atom. The third kappa shape index (κ3) is 4.81. The molecule has 1 atom stereocenters. The number of amides is 1. The normalized spacial score (nSPS) is 12.3. The van der Waals surface area contributed by atoms with Crippen molar-refractivity contribution in [2.75, 3.05) is 7.11 Å². The molecule has 2 rings (SSSR count). The highest BCUT2D eigenvalue weighted by molar-refractivity contribution is 5.96. The number of carbonyl (C=O) groups excluding carboxylic acids is 2. The van der Waals surface area contributed by atoms with Crippen LogP contribution in [0.3, 0.4) is 0 Å². The van der Waals surface area contributed by atoms with Gasteiger partial charge in [0.05, 0.1) is 7.11 Å². The lowest BCUT2D eigenvalue weighted by molar-refractivity contribution is -0.142. The zero-order chi connectivity index (χ0) is 17.4. The molecular weight excluding hydrogens is 302 g/mol. The van der Waals surface area contributed by atoms with Gasteiger partial charge in [-0.05, 0) is 36.6 Å². The number of rotatable bonds is 6. The highest BCUT2D eigenvalue weighted by Gasteiger charge is 2.21. The van der Waals surface area contributed by atoms with Gasteiger partial charge in [-0.1, -0.05) is 54.6 Å². The summed E-state index contributed by atoms with van der Waals surface area (Å²) in [5, 5.41) is 2.73. The van der Waals surface area contributed by atoms with E-state index in [0.29, 0.717) is 12.0 Å². The maximum Gasteiger partial charge on any atom is 0.328 e. The zero-order valence-electron chi connectivity index (χ0n) is 13.9. The van der Waals surface area contributed by atoms with Crippen LogP contribution in [-0.2, 0) is 9.53 Å². The van der Waals surface area contributed by atoms with Crippen LogP contribution in [0, 0.1) is 0 Å². The molecule has 0 saturated carbocycles. The van der Waals surface area contributed by atoms with Crippen molar-refractivity contribution in [1.82, 2.24) is 5.32 Å². The second-order valence-electron chi connectivity index (χ2n) is 5.40. The van der Waals surface area contributed by atoms with Crippen molar-refractivity contribution in [2.45, 2.75) is 19.4 Å². The predicted molar refractivity (Wildman–Crippen MR) is 94.4 cm³/mol. The molecule has 0 radical (unpaired) electrons. The van der Waals surface area contributed by atoms with Crippen LogP contribution in [0.1, 0.15) is 29.3 Å². The average molecular weight is 323 g/mol. The SMILES string of the molecule is COC(=O)[C@H](C/C=C(\C)c1ccccc1)NC(=O)c1ccccc1. The van der Waals surface area contributed by atoms with Gasteiger partial charge in [-0.2, -0.15) is 0 Å². The highest BCUT2D eigenvalue weighted by Crippen LogP contribution is 2.14. The summed E-state index contributed by atoms with van der Waals surface area (Å²) in [6, 6.07) is 18.0. The Kier molecular flexibility index (Phi) is 6.32. The molecule has 0 unspecified atom stereocenters. The fourth-order valence-electron chi connectivity index (χ4n) is 2.30. The molecule has 0 heterocycles. The van der Waals surface area contributed by atoms with Crippen LogP contribution in [0.15, 0.2) is 66.7 Å². The number of benzene rings is 2. The molecule has 0 saturated heterocycles. The Bertz CT molecular complexity index is 708. The molecule has 24 heavy (non-hydrogen) atoms. The van der Waals surface area contributed by atoms with Crippen molar-refractivity contribution in [3.05, 3.63) is 77.9 Å². The molecule has 1 amide bonds. The number of carbonyl (C=O) groups is 2. The first-order valence-corrected chi connectivity index (χ1v) is 7.77. The Morgan fingerprint density at radius 3 is 2.08 bits per heavy atom. The molecule has 4 heteroatoms. The summed E-state index contributed by atoms with van der Waals surface area (Å²) in [5.41, 5.74) is 2.63. The van der Waals surface area contributed by atoms with Gasteiger partial charge in [-0.25, -0.2) is 4.79 Å². The third-order valence-corrected chi connectivity index (χ3v) is 3.72. The van der Waals surface area contributed by atoms with E-state index in [9.17, 15) is 9.59 Å². The van der Waals surface area contributed by atoms with Crippen LogP contribution in [0.2, 0.25) is 0 Å². The van der Waals surface area contributed by atoms with Crippen LogP contribution < -0.4 is 5.32 Å². The summed E-state index contributed by atoms with van der Waals surface area (Å²) >= 11 is 0. The number of nitrogens with one attached hydrogen (secondary N) is 1. The van der Waals surface area contributed by atoms with Crippen LogP contribution in [0.5, 0.6) is 0 Å². The summed E-state index contributed by atoms with van der Waals surface area (Å²) in [6.07, 6.45) is 2.30. The lowest BCUT2D eigenvalue weighted by Crippen LogP contribution is -2.41. The number of hydrogen-bond acceptors (Lipinski definition) is 3. The molecule has 0 aliphatic heterocycles. The molecule has 2 aromatic rings. The second-order valence-corrected chi connectivity index (χ2v) is 5.40. The molecule has 4 nitrogen and oxygen atoms in total. The molecule has 0 spiro atoms. The standard InChI is InChI=1S/C20H21NO3/c1-15(16-9-5-3-6-10-16)13-14-18(20(23)24-2)21-19(22)17-11-7-4-8-12-17/h3-13,18H,14H2,1-2H3,(H,21,22)/b15-13+/t18-/m0/s1. The van der Waals surface area contributed by atoms with Crippen LogP contribution in [-0.4, -0.2) is 25.0 Å². The van der Waals surface area contributed by atoms with E-state index in [0.717, 1.165) is 11.1 Å². The topological polar surface area (TPSA) is 55.4 Å². The Labute approximate surface area is 142 Å². The number of methoxy groups -OCH3 is 1. The summed E-state index contributed by atoms with van der Waals surface area (Å²) < 4.78 is 4.80. The van der Waals surface area contributed by atoms with E-state index in [1.54, 1.807) is 24.3 Å². The lowest BCUT2D eigenvalue weighted by atomic mass is 10.0. The summed E-state index contributed by atoms with van der Waals surface area (Å²) in [4.78, 5) is 24.2. The van der Waals surface area contributed by atoms with Gasteiger partial charge in [0, 0.05) is 5.56 Å². The summed E-state index contributed by atoms with van der Waals surface area (Å²) in [7, 11) is 1.32. The van der Waals surface area contributed by atoms with Crippen LogP contribution in [0.4, 0.5) is 0 Å². The van der Waals surface area contributed by atoms with E-state index >= 15 is 0 Å². The maximum absolute atomic E-state index is 12.3. The molecule has 2 aromatic carbocycles. The first-order chi connectivity index (χ1) is 11.6. The smallest absolute Gasteiger partial charge is 0.328 e. The van der Waals surface area contributed by atoms with Crippen molar-refractivity contribution in [1.29, 1.82) is 0 Å². The van der Waals surface area contributed by atoms with E-state index in [4.69, 9.17) is 4.74 Å². The van der Waals surface area contributed by atoms with Crippen LogP contribution >= 0.6 is 0 Å². The van der Waals surface area contributed by atoms with Gasteiger partial charge < -0.3 is 10.1 Å². The van der Waals surface area contributed by atoms with Crippen molar-refractivity contribution < 1.29 is 14.3 Å². The molecular formula is C20H21NO3. The van der Waals surface area contributed by atoms with E-state index in [-0.39, 0.29) is 5.91 Å². The fraction of sp³-hybridized carbons (Fsp3) is 0.200. The lowest BCUT2D eigenvalue weighted by Gasteiger charge is -2.15. The van der Waals surface area contributed by atoms with Gasteiger partial charge in [-0.3, -0.25) is 4.79 Å². The molecule has 0 aliphatic carbocycles. The molecule has 0 aromatic heterocycles. The minimum atomic E-state index is -0.721. The second kappa shape index (κ2) is 8.67.